The van der Waals surface area contributed by atoms with Gasteiger partial charge in [-0.3, -0.25) is 9.89 Å². The van der Waals surface area contributed by atoms with Gasteiger partial charge in [-0.25, -0.2) is 4.98 Å². The summed E-state index contributed by atoms with van der Waals surface area (Å²) in [4.78, 5) is 16.2. The molecule has 0 aliphatic rings. The minimum absolute atomic E-state index is 0.164. The molecule has 0 aromatic carbocycles. The smallest absolute Gasteiger partial charge is 0.254 e. The maximum absolute atomic E-state index is 11.8. The predicted molar refractivity (Wildman–Crippen MR) is 69.7 cm³/mol. The minimum Gasteiger partial charge on any atom is -0.346 e. The van der Waals surface area contributed by atoms with Crippen molar-refractivity contribution in [3.63, 3.8) is 0 Å². The van der Waals surface area contributed by atoms with Gasteiger partial charge in [0.15, 0.2) is 0 Å². The van der Waals surface area contributed by atoms with Crippen molar-refractivity contribution in [3.05, 3.63) is 53.7 Å². The van der Waals surface area contributed by atoms with E-state index in [9.17, 15) is 4.79 Å². The number of hydrogen-bond donors (Lipinski definition) is 2. The van der Waals surface area contributed by atoms with Crippen LogP contribution < -0.4 is 5.32 Å². The number of aromatic nitrogens is 4. The Morgan fingerprint density at radius 2 is 2.37 bits per heavy atom. The number of aryl methyl sites for hydroxylation is 1. The van der Waals surface area contributed by atoms with Gasteiger partial charge in [0.2, 0.25) is 0 Å². The van der Waals surface area contributed by atoms with Crippen LogP contribution in [0.3, 0.4) is 0 Å². The number of carbonyl (C=O) groups is 1. The van der Waals surface area contributed by atoms with Crippen LogP contribution in [0.5, 0.6) is 0 Å². The van der Waals surface area contributed by atoms with E-state index in [1.807, 2.05) is 35.7 Å². The molecule has 3 rings (SSSR count). The average molecular weight is 255 g/mol. The number of fused-ring (bicyclic) bond motifs is 1. The normalized spacial score (nSPS) is 10.8. The van der Waals surface area contributed by atoms with E-state index in [0.29, 0.717) is 12.1 Å². The third-order valence-electron chi connectivity index (χ3n) is 2.94. The molecule has 0 atom stereocenters. The van der Waals surface area contributed by atoms with Gasteiger partial charge in [0.1, 0.15) is 5.65 Å². The van der Waals surface area contributed by atoms with Crippen molar-refractivity contribution in [1.82, 2.24) is 24.9 Å². The van der Waals surface area contributed by atoms with E-state index in [1.54, 1.807) is 6.20 Å². The minimum atomic E-state index is -0.164. The van der Waals surface area contributed by atoms with E-state index in [-0.39, 0.29) is 5.91 Å². The molecule has 0 spiro atoms. The van der Waals surface area contributed by atoms with Gasteiger partial charge in [0, 0.05) is 18.1 Å². The van der Waals surface area contributed by atoms with Crippen molar-refractivity contribution in [2.24, 2.45) is 0 Å². The van der Waals surface area contributed by atoms with Gasteiger partial charge in [0.05, 0.1) is 24.0 Å². The van der Waals surface area contributed by atoms with Crippen LogP contribution in [0.25, 0.3) is 5.65 Å². The molecule has 0 saturated carbocycles. The van der Waals surface area contributed by atoms with Gasteiger partial charge in [-0.05, 0) is 19.1 Å². The van der Waals surface area contributed by atoms with Crippen molar-refractivity contribution in [2.75, 3.05) is 0 Å². The van der Waals surface area contributed by atoms with Crippen molar-refractivity contribution in [3.8, 4) is 0 Å². The lowest BCUT2D eigenvalue weighted by Gasteiger charge is -1.99. The second-order valence-electron chi connectivity index (χ2n) is 4.30. The second-order valence-corrected chi connectivity index (χ2v) is 4.30. The van der Waals surface area contributed by atoms with Gasteiger partial charge >= 0.3 is 0 Å². The molecule has 0 aliphatic heterocycles. The van der Waals surface area contributed by atoms with Gasteiger partial charge in [-0.2, -0.15) is 5.10 Å². The Labute approximate surface area is 109 Å². The fourth-order valence-electron chi connectivity index (χ4n) is 1.93. The molecule has 0 unspecified atom stereocenters. The monoisotopic (exact) mass is 255 g/mol. The summed E-state index contributed by atoms with van der Waals surface area (Å²) in [7, 11) is 0. The third-order valence-corrected chi connectivity index (χ3v) is 2.94. The summed E-state index contributed by atoms with van der Waals surface area (Å²) in [5.74, 6) is -0.164. The van der Waals surface area contributed by atoms with E-state index in [0.717, 1.165) is 17.0 Å². The highest BCUT2D eigenvalue weighted by molar-refractivity contribution is 5.93. The number of amides is 1. The zero-order valence-corrected chi connectivity index (χ0v) is 10.4. The first-order chi connectivity index (χ1) is 9.24. The van der Waals surface area contributed by atoms with Gasteiger partial charge in [-0.15, -0.1) is 0 Å². The number of pyridine rings is 1. The van der Waals surface area contributed by atoms with Gasteiger partial charge in [-0.1, -0.05) is 6.07 Å². The number of imidazole rings is 1. The maximum Gasteiger partial charge on any atom is 0.254 e. The summed E-state index contributed by atoms with van der Waals surface area (Å²) in [6, 6.07) is 5.92. The Morgan fingerprint density at radius 3 is 3.11 bits per heavy atom. The molecule has 3 heterocycles. The quantitative estimate of drug-likeness (QED) is 0.740. The second kappa shape index (κ2) is 4.56. The highest BCUT2D eigenvalue weighted by atomic mass is 16.1. The molecule has 0 radical (unpaired) electrons. The molecule has 0 aliphatic carbocycles. The predicted octanol–water partition coefficient (Wildman–Crippen LogP) is 1.30. The van der Waals surface area contributed by atoms with Crippen LogP contribution >= 0.6 is 0 Å². The Hall–Kier alpha value is -2.63. The number of hydrogen-bond acceptors (Lipinski definition) is 3. The molecule has 1 amide bonds. The van der Waals surface area contributed by atoms with E-state index in [2.05, 4.69) is 20.5 Å². The van der Waals surface area contributed by atoms with E-state index in [1.165, 1.54) is 6.20 Å². The topological polar surface area (TPSA) is 75.1 Å². The van der Waals surface area contributed by atoms with Crippen LogP contribution in [0.2, 0.25) is 0 Å². The number of rotatable bonds is 3. The first-order valence-electron chi connectivity index (χ1n) is 5.94. The highest BCUT2D eigenvalue weighted by Gasteiger charge is 2.08. The zero-order chi connectivity index (χ0) is 13.2. The van der Waals surface area contributed by atoms with E-state index >= 15 is 0 Å². The van der Waals surface area contributed by atoms with Crippen molar-refractivity contribution < 1.29 is 4.79 Å². The van der Waals surface area contributed by atoms with Crippen molar-refractivity contribution in [1.29, 1.82) is 0 Å². The fourth-order valence-corrected chi connectivity index (χ4v) is 1.93. The number of H-pyrrole nitrogens is 1. The molecular formula is C13H13N5O. The van der Waals surface area contributed by atoms with Crippen LogP contribution in [0.4, 0.5) is 0 Å². The standard InChI is InChI=1S/C13H13N5O/c1-9-3-2-4-12-17-11(8-18(9)12)7-14-13(19)10-5-15-16-6-10/h2-6,8H,7H2,1H3,(H,14,19)(H,15,16). The Bertz CT molecular complexity index is 714. The fraction of sp³-hybridized carbons (Fsp3) is 0.154. The summed E-state index contributed by atoms with van der Waals surface area (Å²) >= 11 is 0. The first-order valence-corrected chi connectivity index (χ1v) is 5.94. The first kappa shape index (κ1) is 11.5. The maximum atomic E-state index is 11.8. The van der Waals surface area contributed by atoms with E-state index in [4.69, 9.17) is 0 Å². The van der Waals surface area contributed by atoms with Crippen LogP contribution in [0, 0.1) is 6.92 Å². The number of nitrogens with zero attached hydrogens (tertiary/aromatic N) is 3. The lowest BCUT2D eigenvalue weighted by atomic mass is 10.3. The molecule has 3 aromatic heterocycles. The average Bonchev–Trinajstić information content (AvgIpc) is 3.05. The molecular weight excluding hydrogens is 242 g/mol. The third kappa shape index (κ3) is 2.20. The summed E-state index contributed by atoms with van der Waals surface area (Å²) in [5.41, 5.74) is 3.33. The molecule has 6 heteroatoms. The Kier molecular flexibility index (Phi) is 2.75. The zero-order valence-electron chi connectivity index (χ0n) is 10.4. The van der Waals surface area contributed by atoms with Gasteiger partial charge < -0.3 is 9.72 Å². The number of aromatic amines is 1. The molecule has 3 aromatic rings. The van der Waals surface area contributed by atoms with Gasteiger partial charge in [0.25, 0.3) is 5.91 Å². The molecule has 0 saturated heterocycles. The molecule has 19 heavy (non-hydrogen) atoms. The molecule has 0 fully saturated rings. The lowest BCUT2D eigenvalue weighted by Crippen LogP contribution is -2.22. The molecule has 96 valence electrons. The van der Waals surface area contributed by atoms with Crippen molar-refractivity contribution in [2.45, 2.75) is 13.5 Å². The molecule has 6 nitrogen and oxygen atoms in total. The van der Waals surface area contributed by atoms with E-state index < -0.39 is 0 Å². The Morgan fingerprint density at radius 1 is 1.47 bits per heavy atom. The molecule has 2 N–H and O–H groups in total. The molecule has 0 bridgehead atoms. The number of carbonyl (C=O) groups excluding carboxylic acids is 1. The highest BCUT2D eigenvalue weighted by Crippen LogP contribution is 2.08. The number of nitrogens with one attached hydrogen (secondary N) is 2. The summed E-state index contributed by atoms with van der Waals surface area (Å²) in [6.07, 6.45) is 4.98. The van der Waals surface area contributed by atoms with Crippen molar-refractivity contribution >= 4 is 11.6 Å². The SMILES string of the molecule is Cc1cccc2nc(CNC(=O)c3cn[nH]c3)cn12. The largest absolute Gasteiger partial charge is 0.346 e. The Balaban J connectivity index is 1.75. The van der Waals surface area contributed by atoms with Crippen LogP contribution in [0.15, 0.2) is 36.8 Å². The lowest BCUT2D eigenvalue weighted by molar-refractivity contribution is 0.0950. The summed E-state index contributed by atoms with van der Waals surface area (Å²) < 4.78 is 2.00. The van der Waals surface area contributed by atoms with Crippen LogP contribution in [-0.4, -0.2) is 25.5 Å². The van der Waals surface area contributed by atoms with Crippen LogP contribution in [0.1, 0.15) is 21.7 Å². The summed E-state index contributed by atoms with van der Waals surface area (Å²) in [6.45, 7) is 2.41. The van der Waals surface area contributed by atoms with Crippen LogP contribution in [-0.2, 0) is 6.54 Å². The summed E-state index contributed by atoms with van der Waals surface area (Å²) in [5, 5.41) is 9.15.